The number of carbonyl (C=O) groups is 3. The number of fused-ring (bicyclic) bond motifs is 2. The highest BCUT2D eigenvalue weighted by molar-refractivity contribution is 8.14. The van der Waals surface area contributed by atoms with Crippen molar-refractivity contribution in [1.82, 2.24) is 10.2 Å². The summed E-state index contributed by atoms with van der Waals surface area (Å²) < 4.78 is 5.67. The van der Waals surface area contributed by atoms with Crippen LogP contribution in [0.25, 0.3) is 0 Å². The van der Waals surface area contributed by atoms with E-state index in [2.05, 4.69) is 10.3 Å². The van der Waals surface area contributed by atoms with Gasteiger partial charge in [0.1, 0.15) is 12.3 Å². The molecule has 4 amide bonds. The van der Waals surface area contributed by atoms with Crippen molar-refractivity contribution in [2.24, 2.45) is 4.99 Å². The van der Waals surface area contributed by atoms with Crippen LogP contribution in [0.2, 0.25) is 5.02 Å². The van der Waals surface area contributed by atoms with Gasteiger partial charge in [-0.15, -0.1) is 0 Å². The number of hydrogen-bond donors (Lipinski definition) is 1. The molecule has 1 saturated heterocycles. The minimum Gasteiger partial charge on any atom is -0.493 e. The van der Waals surface area contributed by atoms with Crippen LogP contribution in [0.5, 0.6) is 5.75 Å². The Morgan fingerprint density at radius 2 is 2.03 bits per heavy atom. The fraction of sp³-hybridized carbons (Fsp3) is 0.304. The van der Waals surface area contributed by atoms with Crippen LogP contribution in [0.15, 0.2) is 53.5 Å². The molecule has 8 nitrogen and oxygen atoms in total. The maximum absolute atomic E-state index is 13.5. The zero-order chi connectivity index (χ0) is 23.2. The van der Waals surface area contributed by atoms with Gasteiger partial charge < -0.3 is 10.1 Å². The highest BCUT2D eigenvalue weighted by Gasteiger charge is 2.55. The molecule has 1 fully saturated rings. The second kappa shape index (κ2) is 8.39. The Morgan fingerprint density at radius 1 is 1.27 bits per heavy atom. The molecule has 2 atom stereocenters. The average Bonchev–Trinajstić information content (AvgIpc) is 3.32. The van der Waals surface area contributed by atoms with E-state index in [9.17, 15) is 14.4 Å². The van der Waals surface area contributed by atoms with E-state index >= 15 is 0 Å². The molecule has 3 aliphatic heterocycles. The lowest BCUT2D eigenvalue weighted by Gasteiger charge is -2.33. The summed E-state index contributed by atoms with van der Waals surface area (Å²) in [7, 11) is 0. The number of aliphatic imine (C=N–C) groups is 1. The zero-order valence-corrected chi connectivity index (χ0v) is 19.4. The molecule has 0 saturated carbocycles. The number of nitrogens with zero attached hydrogens (tertiary/aromatic N) is 3. The van der Waals surface area contributed by atoms with E-state index in [0.29, 0.717) is 33.6 Å². The van der Waals surface area contributed by atoms with Crippen LogP contribution in [0.3, 0.4) is 0 Å². The molecule has 2 aromatic carbocycles. The smallest absolute Gasteiger partial charge is 0.325 e. The molecule has 0 bridgehead atoms. The summed E-state index contributed by atoms with van der Waals surface area (Å²) in [6, 6.07) is 13.4. The molecule has 1 N–H and O–H groups in total. The summed E-state index contributed by atoms with van der Waals surface area (Å²) in [4.78, 5) is 46.9. The van der Waals surface area contributed by atoms with Gasteiger partial charge in [0.15, 0.2) is 10.7 Å². The largest absolute Gasteiger partial charge is 0.493 e. The minimum absolute atomic E-state index is 0.0614. The third kappa shape index (κ3) is 3.75. The second-order valence-corrected chi connectivity index (χ2v) is 9.52. The average molecular weight is 485 g/mol. The minimum atomic E-state index is -1.23. The van der Waals surface area contributed by atoms with Crippen molar-refractivity contribution < 1.29 is 19.1 Å². The number of para-hydroxylation sites is 1. The number of imide groups is 1. The maximum Gasteiger partial charge on any atom is 0.325 e. The van der Waals surface area contributed by atoms with Crippen LogP contribution >= 0.6 is 23.4 Å². The fourth-order valence-corrected chi connectivity index (χ4v) is 5.43. The molecule has 33 heavy (non-hydrogen) atoms. The number of nitrogens with one attached hydrogen (secondary N) is 1. The topological polar surface area (TPSA) is 91.3 Å². The Hall–Kier alpha value is -3.04. The maximum atomic E-state index is 13.5. The van der Waals surface area contributed by atoms with Crippen molar-refractivity contribution in [2.45, 2.75) is 24.9 Å². The fourth-order valence-electron chi connectivity index (χ4n) is 4.25. The lowest BCUT2D eigenvalue weighted by Crippen LogP contribution is -2.48. The van der Waals surface area contributed by atoms with Crippen molar-refractivity contribution >= 4 is 52.1 Å². The van der Waals surface area contributed by atoms with Crippen LogP contribution in [-0.4, -0.2) is 52.9 Å². The number of anilines is 1. The number of amides is 4. The Labute approximate surface area is 199 Å². The molecule has 170 valence electrons. The Bertz CT molecular complexity index is 1170. The first-order chi connectivity index (χ1) is 15.9. The molecule has 0 radical (unpaired) electrons. The number of rotatable bonds is 3. The van der Waals surface area contributed by atoms with Crippen LogP contribution in [-0.2, 0) is 15.1 Å². The summed E-state index contributed by atoms with van der Waals surface area (Å²) in [5.74, 6) is 0.412. The number of benzene rings is 2. The number of amidine groups is 1. The van der Waals surface area contributed by atoms with E-state index in [0.717, 1.165) is 10.7 Å². The second-order valence-electron chi connectivity index (χ2n) is 8.10. The Morgan fingerprint density at radius 3 is 2.76 bits per heavy atom. The van der Waals surface area contributed by atoms with Gasteiger partial charge in [-0.2, -0.15) is 0 Å². The van der Waals surface area contributed by atoms with Gasteiger partial charge in [-0.1, -0.05) is 41.6 Å². The van der Waals surface area contributed by atoms with Crippen molar-refractivity contribution in [2.75, 3.05) is 23.8 Å². The van der Waals surface area contributed by atoms with Gasteiger partial charge >= 0.3 is 6.03 Å². The molecule has 1 spiro atoms. The Kier molecular flexibility index (Phi) is 5.54. The van der Waals surface area contributed by atoms with Crippen LogP contribution in [0.1, 0.15) is 18.9 Å². The van der Waals surface area contributed by atoms with Gasteiger partial charge in [-0.05, 0) is 37.3 Å². The highest BCUT2D eigenvalue weighted by atomic mass is 35.5. The van der Waals surface area contributed by atoms with E-state index < -0.39 is 29.9 Å². The van der Waals surface area contributed by atoms with Gasteiger partial charge in [0, 0.05) is 22.8 Å². The summed E-state index contributed by atoms with van der Waals surface area (Å²) >= 11 is 7.48. The highest BCUT2D eigenvalue weighted by Crippen LogP contribution is 2.41. The predicted molar refractivity (Wildman–Crippen MR) is 127 cm³/mol. The van der Waals surface area contributed by atoms with Crippen LogP contribution < -0.4 is 15.0 Å². The van der Waals surface area contributed by atoms with Crippen molar-refractivity contribution in [3.63, 3.8) is 0 Å². The number of halogens is 1. The lowest BCUT2D eigenvalue weighted by molar-refractivity contribution is -0.135. The quantitative estimate of drug-likeness (QED) is 0.674. The summed E-state index contributed by atoms with van der Waals surface area (Å²) in [5, 5.41) is 3.90. The standard InChI is InChI=1S/C23H21ClN4O4S/c1-14-13-33-22(25-14)28(16-8-6-15(24)7-9-16)19(29)12-27-20(30)23(26-21(27)31)10-11-32-18-5-3-2-4-17(18)23/h2-9,14H,10-13H2,1H3,(H,26,31)/t14-,23+/m1/s1. The van der Waals surface area contributed by atoms with Gasteiger partial charge in [0.25, 0.3) is 11.8 Å². The van der Waals surface area contributed by atoms with Crippen molar-refractivity contribution in [3.8, 4) is 5.75 Å². The van der Waals surface area contributed by atoms with E-state index in [1.165, 1.54) is 16.7 Å². The van der Waals surface area contributed by atoms with Crippen molar-refractivity contribution in [3.05, 3.63) is 59.1 Å². The molecule has 0 unspecified atom stereocenters. The molecule has 10 heteroatoms. The van der Waals surface area contributed by atoms with E-state index in [-0.39, 0.29) is 12.6 Å². The molecule has 0 aliphatic carbocycles. The molecule has 3 aliphatic rings. The normalized spacial score (nSPS) is 23.8. The monoisotopic (exact) mass is 484 g/mol. The first kappa shape index (κ1) is 21.8. The first-order valence-corrected chi connectivity index (χ1v) is 11.9. The lowest BCUT2D eigenvalue weighted by atomic mass is 9.84. The number of hydrogen-bond acceptors (Lipinski definition) is 6. The summed E-state index contributed by atoms with van der Waals surface area (Å²) in [6.45, 7) is 1.84. The molecular formula is C23H21ClN4O4S. The first-order valence-electron chi connectivity index (χ1n) is 10.5. The number of urea groups is 1. The van der Waals surface area contributed by atoms with E-state index in [1.807, 2.05) is 13.0 Å². The molecular weight excluding hydrogens is 464 g/mol. The van der Waals surface area contributed by atoms with Gasteiger partial charge in [0.2, 0.25) is 0 Å². The molecule has 0 aromatic heterocycles. The predicted octanol–water partition coefficient (Wildman–Crippen LogP) is 3.39. The van der Waals surface area contributed by atoms with Crippen LogP contribution in [0.4, 0.5) is 10.5 Å². The summed E-state index contributed by atoms with van der Waals surface area (Å²) in [6.07, 6.45) is 0.292. The summed E-state index contributed by atoms with van der Waals surface area (Å²) in [5.41, 5.74) is -0.0579. The zero-order valence-electron chi connectivity index (χ0n) is 17.8. The number of ether oxygens (including phenoxy) is 1. The van der Waals surface area contributed by atoms with Gasteiger partial charge in [0.05, 0.1) is 18.3 Å². The number of thioether (sulfide) groups is 1. The molecule has 2 aromatic rings. The van der Waals surface area contributed by atoms with Gasteiger partial charge in [-0.3, -0.25) is 24.4 Å². The van der Waals surface area contributed by atoms with Crippen molar-refractivity contribution in [1.29, 1.82) is 0 Å². The SMILES string of the molecule is C[C@@H]1CSC(N(C(=O)CN2C(=O)N[C@]3(CCOc4ccccc43)C2=O)c2ccc(Cl)cc2)=N1. The molecule has 5 rings (SSSR count). The molecule has 3 heterocycles. The third-order valence-corrected chi connectivity index (χ3v) is 7.31. The van der Waals surface area contributed by atoms with E-state index in [4.69, 9.17) is 16.3 Å². The number of carbonyl (C=O) groups excluding carboxylic acids is 3. The van der Waals surface area contributed by atoms with Crippen LogP contribution in [0, 0.1) is 0 Å². The third-order valence-electron chi connectivity index (χ3n) is 5.86. The van der Waals surface area contributed by atoms with Gasteiger partial charge in [-0.25, -0.2) is 4.79 Å². The Balaban J connectivity index is 1.45. The van der Waals surface area contributed by atoms with E-state index in [1.54, 1.807) is 42.5 Å².